The van der Waals surface area contributed by atoms with Crippen molar-refractivity contribution in [3.05, 3.63) is 11.3 Å². The second-order valence-corrected chi connectivity index (χ2v) is 4.98. The lowest BCUT2D eigenvalue weighted by Crippen LogP contribution is -2.36. The number of carboxylic acids is 2. The molecule has 2 unspecified atom stereocenters. The van der Waals surface area contributed by atoms with Gasteiger partial charge in [0.15, 0.2) is 0 Å². The van der Waals surface area contributed by atoms with Gasteiger partial charge in [-0.05, 0) is 20.3 Å². The maximum atomic E-state index is 11.4. The molecule has 1 rings (SSSR count). The van der Waals surface area contributed by atoms with Crippen molar-refractivity contribution in [3.8, 4) is 0 Å². The van der Waals surface area contributed by atoms with Crippen LogP contribution in [0.3, 0.4) is 0 Å². The van der Waals surface area contributed by atoms with E-state index in [-0.39, 0.29) is 5.57 Å². The lowest BCUT2D eigenvalue weighted by molar-refractivity contribution is -0.141. The second-order valence-electron chi connectivity index (χ2n) is 4.98. The van der Waals surface area contributed by atoms with Gasteiger partial charge in [-0.3, -0.25) is 9.79 Å². The summed E-state index contributed by atoms with van der Waals surface area (Å²) in [6.07, 6.45) is 3.41. The molecule has 1 aliphatic rings. The third-order valence-corrected chi connectivity index (χ3v) is 3.57. The molecule has 0 aromatic rings. The smallest absolute Gasteiger partial charge is 0.333 e. The minimum Gasteiger partial charge on any atom is -0.481 e. The molecule has 0 saturated heterocycles. The molecule has 0 aromatic heterocycles. The molecule has 0 radical (unpaired) electrons. The molecule has 5 heteroatoms. The Kier molecular flexibility index (Phi) is 5.27. The minimum absolute atomic E-state index is 0.161. The Balaban J connectivity index is 3.10. The number of aliphatic carboxylic acids is 2. The number of carboxylic acid groups (broad SMARTS) is 2. The van der Waals surface area contributed by atoms with Crippen molar-refractivity contribution in [2.45, 2.75) is 46.5 Å². The fourth-order valence-electron chi connectivity index (χ4n) is 2.71. The molecule has 2 N–H and O–H groups in total. The normalized spacial score (nSPS) is 23.2. The highest BCUT2D eigenvalue weighted by Crippen LogP contribution is 2.34. The van der Waals surface area contributed by atoms with Crippen molar-refractivity contribution in [1.29, 1.82) is 0 Å². The summed E-state index contributed by atoms with van der Waals surface area (Å²) in [5.74, 6) is -3.33. The zero-order valence-corrected chi connectivity index (χ0v) is 11.6. The number of rotatable bonds is 6. The van der Waals surface area contributed by atoms with Crippen molar-refractivity contribution >= 4 is 17.7 Å². The molecule has 19 heavy (non-hydrogen) atoms. The van der Waals surface area contributed by atoms with Gasteiger partial charge in [0.05, 0.1) is 5.57 Å². The largest absolute Gasteiger partial charge is 0.481 e. The summed E-state index contributed by atoms with van der Waals surface area (Å²) >= 11 is 0. The van der Waals surface area contributed by atoms with Gasteiger partial charge in [0.25, 0.3) is 0 Å². The van der Waals surface area contributed by atoms with Gasteiger partial charge in [0.2, 0.25) is 0 Å². The van der Waals surface area contributed by atoms with Gasteiger partial charge >= 0.3 is 11.9 Å². The quantitative estimate of drug-likeness (QED) is 0.724. The maximum absolute atomic E-state index is 11.4. The van der Waals surface area contributed by atoms with Crippen LogP contribution in [0.5, 0.6) is 0 Å². The lowest BCUT2D eigenvalue weighted by atomic mass is 9.77. The van der Waals surface area contributed by atoms with Gasteiger partial charge in [-0.15, -0.1) is 0 Å². The van der Waals surface area contributed by atoms with Gasteiger partial charge < -0.3 is 10.2 Å². The second kappa shape index (κ2) is 6.50. The van der Waals surface area contributed by atoms with Crippen LogP contribution in [0.4, 0.5) is 0 Å². The minimum atomic E-state index is -1.05. The number of aliphatic imine (C=N–C) groups is 1. The standard InChI is InChI=1S/C14H21NO4/c1-4-5-6-7-10-11(13(16)17)8(2)15-9(3)12(10)14(18)19/h10-11H,4-7H2,1-3H3,(H,16,17)(H,18,19). The molecule has 106 valence electrons. The fourth-order valence-corrected chi connectivity index (χ4v) is 2.71. The van der Waals surface area contributed by atoms with Crippen LogP contribution >= 0.6 is 0 Å². The molecule has 1 aliphatic heterocycles. The average molecular weight is 267 g/mol. The van der Waals surface area contributed by atoms with Crippen molar-refractivity contribution in [2.24, 2.45) is 16.8 Å². The summed E-state index contributed by atoms with van der Waals surface area (Å²) in [7, 11) is 0. The van der Waals surface area contributed by atoms with Crippen molar-refractivity contribution in [1.82, 2.24) is 0 Å². The van der Waals surface area contributed by atoms with E-state index in [1.165, 1.54) is 0 Å². The zero-order valence-electron chi connectivity index (χ0n) is 11.6. The lowest BCUT2D eigenvalue weighted by Gasteiger charge is -2.29. The predicted octanol–water partition coefficient (Wildman–Crippen LogP) is 2.72. The van der Waals surface area contributed by atoms with Crippen molar-refractivity contribution in [2.75, 3.05) is 0 Å². The third kappa shape index (κ3) is 3.43. The Labute approximate surface area is 113 Å². The first-order chi connectivity index (χ1) is 8.90. The third-order valence-electron chi connectivity index (χ3n) is 3.57. The monoisotopic (exact) mass is 267 g/mol. The van der Waals surface area contributed by atoms with Gasteiger partial charge in [-0.2, -0.15) is 0 Å². The molecule has 5 nitrogen and oxygen atoms in total. The Morgan fingerprint density at radius 3 is 2.32 bits per heavy atom. The maximum Gasteiger partial charge on any atom is 0.333 e. The van der Waals surface area contributed by atoms with E-state index in [0.717, 1.165) is 19.3 Å². The first-order valence-electron chi connectivity index (χ1n) is 6.62. The van der Waals surface area contributed by atoms with E-state index in [1.807, 2.05) is 0 Å². The average Bonchev–Trinajstić information content (AvgIpc) is 2.27. The first kappa shape index (κ1) is 15.4. The molecule has 0 bridgehead atoms. The highest BCUT2D eigenvalue weighted by Gasteiger charge is 2.39. The summed E-state index contributed by atoms with van der Waals surface area (Å²) in [5.41, 5.74) is 1.09. The van der Waals surface area contributed by atoms with E-state index >= 15 is 0 Å². The number of allylic oxidation sites excluding steroid dienone is 1. The Morgan fingerprint density at radius 1 is 1.21 bits per heavy atom. The summed E-state index contributed by atoms with van der Waals surface area (Å²) in [5, 5.41) is 18.6. The molecular formula is C14H21NO4. The molecular weight excluding hydrogens is 246 g/mol. The highest BCUT2D eigenvalue weighted by atomic mass is 16.4. The summed E-state index contributed by atoms with van der Waals surface area (Å²) < 4.78 is 0. The van der Waals surface area contributed by atoms with Crippen molar-refractivity contribution < 1.29 is 19.8 Å². The summed E-state index contributed by atoms with van der Waals surface area (Å²) in [4.78, 5) is 26.9. The highest BCUT2D eigenvalue weighted by molar-refractivity contribution is 6.04. The van der Waals surface area contributed by atoms with E-state index in [9.17, 15) is 19.8 Å². The van der Waals surface area contributed by atoms with Gasteiger partial charge in [0, 0.05) is 17.3 Å². The molecule has 0 saturated carbocycles. The van der Waals surface area contributed by atoms with Crippen LogP contribution in [0.25, 0.3) is 0 Å². The topological polar surface area (TPSA) is 87.0 Å². The van der Waals surface area contributed by atoms with Crippen molar-refractivity contribution in [3.63, 3.8) is 0 Å². The van der Waals surface area contributed by atoms with E-state index in [4.69, 9.17) is 0 Å². The molecule has 0 spiro atoms. The first-order valence-corrected chi connectivity index (χ1v) is 6.62. The molecule has 2 atom stereocenters. The van der Waals surface area contributed by atoms with E-state index in [0.29, 0.717) is 17.8 Å². The van der Waals surface area contributed by atoms with Gasteiger partial charge in [0.1, 0.15) is 5.92 Å². The van der Waals surface area contributed by atoms with Gasteiger partial charge in [-0.25, -0.2) is 4.79 Å². The van der Waals surface area contributed by atoms with Crippen LogP contribution in [-0.4, -0.2) is 27.9 Å². The van der Waals surface area contributed by atoms with Crippen LogP contribution in [0, 0.1) is 11.8 Å². The number of hydrogen-bond acceptors (Lipinski definition) is 3. The fraction of sp³-hybridized carbons (Fsp3) is 0.643. The van der Waals surface area contributed by atoms with Crippen LogP contribution in [0.15, 0.2) is 16.3 Å². The molecule has 0 aliphatic carbocycles. The summed E-state index contributed by atoms with van der Waals surface area (Å²) in [6.45, 7) is 5.35. The number of unbranched alkanes of at least 4 members (excludes halogenated alkanes) is 2. The Hall–Kier alpha value is -1.65. The Morgan fingerprint density at radius 2 is 1.84 bits per heavy atom. The molecule has 0 fully saturated rings. The van der Waals surface area contributed by atoms with Crippen LogP contribution in [0.1, 0.15) is 46.5 Å². The van der Waals surface area contributed by atoms with Crippen LogP contribution < -0.4 is 0 Å². The molecule has 0 aromatic carbocycles. The Bertz CT molecular complexity index is 437. The SMILES string of the molecule is CCCCCC1C(C(=O)O)=C(C)N=C(C)C1C(=O)O. The number of nitrogens with zero attached hydrogens (tertiary/aromatic N) is 1. The van der Waals surface area contributed by atoms with Gasteiger partial charge in [-0.1, -0.05) is 26.2 Å². The predicted molar refractivity (Wildman–Crippen MR) is 72.2 cm³/mol. The number of hydrogen-bond donors (Lipinski definition) is 2. The zero-order chi connectivity index (χ0) is 14.6. The van der Waals surface area contributed by atoms with Crippen LogP contribution in [0.2, 0.25) is 0 Å². The van der Waals surface area contributed by atoms with E-state index in [2.05, 4.69) is 11.9 Å². The molecule has 0 amide bonds. The number of carbonyl (C=O) groups is 2. The molecule has 1 heterocycles. The summed E-state index contributed by atoms with van der Waals surface area (Å²) in [6, 6.07) is 0. The van der Waals surface area contributed by atoms with E-state index in [1.54, 1.807) is 13.8 Å². The van der Waals surface area contributed by atoms with Crippen LogP contribution in [-0.2, 0) is 9.59 Å². The van der Waals surface area contributed by atoms with E-state index < -0.39 is 23.8 Å².